The molecule has 2 aromatic rings. The van der Waals surface area contributed by atoms with Gasteiger partial charge in [0.2, 0.25) is 0 Å². The molecule has 0 radical (unpaired) electrons. The van der Waals surface area contributed by atoms with E-state index in [9.17, 15) is 4.79 Å². The lowest BCUT2D eigenvalue weighted by Gasteiger charge is -2.28. The second-order valence-electron chi connectivity index (χ2n) is 8.99. The van der Waals surface area contributed by atoms with Crippen LogP contribution in [0.4, 0.5) is 26.4 Å². The summed E-state index contributed by atoms with van der Waals surface area (Å²) >= 11 is 0. The first-order chi connectivity index (χ1) is 14.6. The Morgan fingerprint density at radius 3 is 2.68 bits per heavy atom. The first kappa shape index (κ1) is 23.0. The van der Waals surface area contributed by atoms with E-state index < -0.39 is 17.5 Å². The number of hydrogen-bond acceptors (Lipinski definition) is 6. The van der Waals surface area contributed by atoms with Crippen LogP contribution in [0.1, 0.15) is 31.9 Å². The highest BCUT2D eigenvalue weighted by molar-refractivity contribution is 5.88. The Morgan fingerprint density at radius 2 is 2.00 bits per heavy atom. The maximum Gasteiger partial charge on any atom is 0.414 e. The van der Waals surface area contributed by atoms with Crippen molar-refractivity contribution in [2.75, 3.05) is 43.9 Å². The van der Waals surface area contributed by atoms with Crippen LogP contribution in [0.25, 0.3) is 0 Å². The molecule has 1 aliphatic heterocycles. The van der Waals surface area contributed by atoms with Crippen molar-refractivity contribution in [1.29, 1.82) is 0 Å². The van der Waals surface area contributed by atoms with Crippen molar-refractivity contribution in [2.24, 2.45) is 0 Å². The molecule has 0 fully saturated rings. The Hall–Kier alpha value is -2.71. The van der Waals surface area contributed by atoms with Crippen molar-refractivity contribution < 1.29 is 13.9 Å². The number of hydrogen-bond donors (Lipinski definition) is 2. The van der Waals surface area contributed by atoms with Crippen molar-refractivity contribution in [2.45, 2.75) is 39.3 Å². The fourth-order valence-electron chi connectivity index (χ4n) is 3.31. The number of aromatic nitrogens is 1. The van der Waals surface area contributed by atoms with Gasteiger partial charge in [-0.25, -0.2) is 14.2 Å². The number of pyridine rings is 1. The van der Waals surface area contributed by atoms with E-state index in [1.807, 2.05) is 31.3 Å². The van der Waals surface area contributed by atoms with E-state index in [0.717, 1.165) is 19.5 Å². The molecule has 0 atom stereocenters. The number of fused-ring (bicyclic) bond motifs is 1. The third-order valence-corrected chi connectivity index (χ3v) is 4.87. The van der Waals surface area contributed by atoms with Gasteiger partial charge < -0.3 is 20.3 Å². The number of nitrogens with one attached hydrogen (secondary N) is 2. The predicted octanol–water partition coefficient (Wildman–Crippen LogP) is 3.91. The Bertz CT molecular complexity index is 927. The number of likely N-dealkylation sites (N-methyl/N-ethyl adjacent to an activating group) is 1. The molecule has 0 saturated heterocycles. The van der Waals surface area contributed by atoms with Gasteiger partial charge in [-0.1, -0.05) is 0 Å². The summed E-state index contributed by atoms with van der Waals surface area (Å²) in [7, 11) is 3.80. The maximum absolute atomic E-state index is 15.1. The lowest BCUT2D eigenvalue weighted by atomic mass is 10.0. The molecule has 2 N–H and O–H groups in total. The van der Waals surface area contributed by atoms with Crippen LogP contribution in [0.2, 0.25) is 0 Å². The van der Waals surface area contributed by atoms with Crippen LogP contribution >= 0.6 is 0 Å². The SMILES string of the molecule is CN(C)CCN(C(=O)OC(C)(C)C)c1ccc(Nc2cc3c(cn2)CCNC3)cc1F. The van der Waals surface area contributed by atoms with Crippen molar-refractivity contribution >= 4 is 23.3 Å². The topological polar surface area (TPSA) is 69.7 Å². The number of ether oxygens (including phenoxy) is 1. The molecule has 31 heavy (non-hydrogen) atoms. The number of carbonyl (C=O) groups excluding carboxylic acids is 1. The fourth-order valence-corrected chi connectivity index (χ4v) is 3.31. The molecule has 1 aromatic carbocycles. The number of anilines is 3. The van der Waals surface area contributed by atoms with Crippen molar-refractivity contribution in [3.8, 4) is 0 Å². The molecule has 3 rings (SSSR count). The molecule has 0 saturated carbocycles. The minimum atomic E-state index is -0.668. The van der Waals surface area contributed by atoms with Gasteiger partial charge in [0.15, 0.2) is 0 Å². The molecular formula is C23H32FN5O2. The fraction of sp³-hybridized carbons (Fsp3) is 0.478. The van der Waals surface area contributed by atoms with E-state index in [1.165, 1.54) is 22.1 Å². The first-order valence-corrected chi connectivity index (χ1v) is 10.5. The van der Waals surface area contributed by atoms with Crippen LogP contribution in [-0.2, 0) is 17.7 Å². The predicted molar refractivity (Wildman–Crippen MR) is 121 cm³/mol. The van der Waals surface area contributed by atoms with Crippen LogP contribution in [0.15, 0.2) is 30.5 Å². The van der Waals surface area contributed by atoms with E-state index in [-0.39, 0.29) is 5.69 Å². The summed E-state index contributed by atoms with van der Waals surface area (Å²) in [5, 5.41) is 6.50. The van der Waals surface area contributed by atoms with Gasteiger partial charge in [0.1, 0.15) is 17.2 Å². The molecule has 7 nitrogen and oxygen atoms in total. The second kappa shape index (κ2) is 9.62. The number of amides is 1. The Morgan fingerprint density at radius 1 is 1.23 bits per heavy atom. The van der Waals surface area contributed by atoms with Gasteiger partial charge in [-0.05, 0) is 83.2 Å². The second-order valence-corrected chi connectivity index (χ2v) is 8.99. The van der Waals surface area contributed by atoms with Gasteiger partial charge >= 0.3 is 6.09 Å². The zero-order chi connectivity index (χ0) is 22.6. The summed E-state index contributed by atoms with van der Waals surface area (Å²) < 4.78 is 20.6. The normalized spacial score (nSPS) is 13.6. The van der Waals surface area contributed by atoms with Gasteiger partial charge in [0.25, 0.3) is 0 Å². The number of rotatable bonds is 6. The van der Waals surface area contributed by atoms with Gasteiger partial charge in [0.05, 0.1) is 5.69 Å². The third-order valence-electron chi connectivity index (χ3n) is 4.87. The summed E-state index contributed by atoms with van der Waals surface area (Å²) in [5.41, 5.74) is 2.51. The number of nitrogens with zero attached hydrogens (tertiary/aromatic N) is 3. The minimum absolute atomic E-state index is 0.184. The van der Waals surface area contributed by atoms with Gasteiger partial charge in [0, 0.05) is 31.5 Å². The van der Waals surface area contributed by atoms with Crippen molar-refractivity contribution in [3.63, 3.8) is 0 Å². The highest BCUT2D eigenvalue weighted by atomic mass is 19.1. The molecule has 2 heterocycles. The van der Waals surface area contributed by atoms with E-state index in [1.54, 1.807) is 32.9 Å². The maximum atomic E-state index is 15.1. The monoisotopic (exact) mass is 429 g/mol. The molecular weight excluding hydrogens is 397 g/mol. The zero-order valence-corrected chi connectivity index (χ0v) is 19.0. The quantitative estimate of drug-likeness (QED) is 0.726. The summed E-state index contributed by atoms with van der Waals surface area (Å²) in [4.78, 5) is 20.4. The Balaban J connectivity index is 1.80. The number of carbonyl (C=O) groups is 1. The molecule has 168 valence electrons. The van der Waals surface area contributed by atoms with Crippen molar-refractivity contribution in [3.05, 3.63) is 47.4 Å². The van der Waals surface area contributed by atoms with E-state index in [0.29, 0.717) is 24.6 Å². The van der Waals surface area contributed by atoms with Crippen LogP contribution in [-0.4, -0.2) is 55.3 Å². The number of benzene rings is 1. The van der Waals surface area contributed by atoms with Crippen LogP contribution < -0.4 is 15.5 Å². The molecule has 0 aliphatic carbocycles. The largest absolute Gasteiger partial charge is 0.443 e. The Labute approximate surface area is 183 Å². The first-order valence-electron chi connectivity index (χ1n) is 10.5. The summed E-state index contributed by atoms with van der Waals surface area (Å²) in [6.45, 7) is 8.02. The van der Waals surface area contributed by atoms with Crippen LogP contribution in [0, 0.1) is 5.82 Å². The van der Waals surface area contributed by atoms with Gasteiger partial charge in [-0.15, -0.1) is 0 Å². The molecule has 0 bridgehead atoms. The minimum Gasteiger partial charge on any atom is -0.443 e. The summed E-state index contributed by atoms with van der Waals surface area (Å²) in [6, 6.07) is 6.70. The zero-order valence-electron chi connectivity index (χ0n) is 19.0. The highest BCUT2D eigenvalue weighted by Gasteiger charge is 2.25. The van der Waals surface area contributed by atoms with E-state index in [2.05, 4.69) is 15.6 Å². The van der Waals surface area contributed by atoms with Gasteiger partial charge in [-0.2, -0.15) is 0 Å². The summed E-state index contributed by atoms with van der Waals surface area (Å²) in [5.74, 6) is 0.153. The molecule has 1 amide bonds. The standard InChI is InChI=1S/C23H32FN5O2/c1-23(2,3)31-22(30)29(11-10-28(4)5)20-7-6-18(13-19(20)24)27-21-12-17-14-25-9-8-16(17)15-26-21/h6-7,12-13,15,25H,8-11,14H2,1-5H3,(H,26,27). The molecule has 8 heteroatoms. The molecule has 1 aromatic heterocycles. The smallest absolute Gasteiger partial charge is 0.414 e. The van der Waals surface area contributed by atoms with Crippen LogP contribution in [0.3, 0.4) is 0 Å². The third kappa shape index (κ3) is 6.38. The van der Waals surface area contributed by atoms with Gasteiger partial charge in [-0.3, -0.25) is 4.90 Å². The Kier molecular flexibility index (Phi) is 7.12. The van der Waals surface area contributed by atoms with Crippen LogP contribution in [0.5, 0.6) is 0 Å². The average Bonchev–Trinajstić information content (AvgIpc) is 2.68. The lowest BCUT2D eigenvalue weighted by molar-refractivity contribution is 0.0577. The van der Waals surface area contributed by atoms with Crippen molar-refractivity contribution in [1.82, 2.24) is 15.2 Å². The summed E-state index contributed by atoms with van der Waals surface area (Å²) in [6.07, 6.45) is 2.26. The lowest BCUT2D eigenvalue weighted by Crippen LogP contribution is -2.41. The average molecular weight is 430 g/mol. The number of halogens is 1. The highest BCUT2D eigenvalue weighted by Crippen LogP contribution is 2.27. The van der Waals surface area contributed by atoms with E-state index >= 15 is 4.39 Å². The molecule has 0 spiro atoms. The molecule has 0 unspecified atom stereocenters. The van der Waals surface area contributed by atoms with E-state index in [4.69, 9.17) is 4.74 Å². The molecule has 1 aliphatic rings.